The second kappa shape index (κ2) is 11.3. The summed E-state index contributed by atoms with van der Waals surface area (Å²) in [5.41, 5.74) is 5.27. The van der Waals surface area contributed by atoms with Crippen molar-refractivity contribution in [1.29, 1.82) is 0 Å². The van der Waals surface area contributed by atoms with Gasteiger partial charge in [0.15, 0.2) is 5.69 Å². The van der Waals surface area contributed by atoms with Crippen molar-refractivity contribution in [2.24, 2.45) is 5.73 Å². The van der Waals surface area contributed by atoms with Crippen molar-refractivity contribution >= 4 is 17.8 Å². The quantitative estimate of drug-likeness (QED) is 0.334. The third-order valence-corrected chi connectivity index (χ3v) is 4.10. The van der Waals surface area contributed by atoms with Gasteiger partial charge in [-0.2, -0.15) is 4.98 Å². The fourth-order valence-electron chi connectivity index (χ4n) is 2.68. The molecule has 9 nitrogen and oxygen atoms in total. The molecule has 0 fully saturated rings. The highest BCUT2D eigenvalue weighted by Gasteiger charge is 2.32. The monoisotopic (exact) mass is 430 g/mol. The minimum Gasteiger partial charge on any atom is -0.456 e. The van der Waals surface area contributed by atoms with Crippen LogP contribution in [0.5, 0.6) is 0 Å². The summed E-state index contributed by atoms with van der Waals surface area (Å²) in [5.74, 6) is -1.77. The number of alkyl carbamates (subject to hydrolysis) is 1. The SMILES string of the molecule is CC(C)(C)OC(=O)N[C@@H](CCCCN)C(=O)c1o[c]nc1C(=O)OCc1ccccc1. The number of carbonyl (C=O) groups excluding carboxylic acids is 3. The van der Waals surface area contributed by atoms with Crippen molar-refractivity contribution < 1.29 is 28.3 Å². The molecule has 167 valence electrons. The Kier molecular flexibility index (Phi) is 8.75. The number of benzene rings is 1. The number of nitrogens with two attached hydrogens (primary N) is 1. The zero-order valence-electron chi connectivity index (χ0n) is 18.0. The molecule has 0 saturated carbocycles. The summed E-state index contributed by atoms with van der Waals surface area (Å²) in [6, 6.07) is 8.09. The number of Topliss-reactive ketones (excluding diaryl/α,β-unsaturated/α-hetero) is 1. The van der Waals surface area contributed by atoms with E-state index in [1.165, 1.54) is 0 Å². The minimum atomic E-state index is -0.983. The Morgan fingerprint density at radius 1 is 1.19 bits per heavy atom. The van der Waals surface area contributed by atoms with Gasteiger partial charge in [-0.1, -0.05) is 30.3 Å². The second-order valence-corrected chi connectivity index (χ2v) is 7.89. The molecular weight excluding hydrogens is 402 g/mol. The van der Waals surface area contributed by atoms with Crippen LogP contribution in [0.25, 0.3) is 0 Å². The summed E-state index contributed by atoms with van der Waals surface area (Å²) in [5, 5.41) is 2.54. The lowest BCUT2D eigenvalue weighted by Gasteiger charge is -2.22. The Morgan fingerprint density at radius 2 is 1.90 bits per heavy atom. The molecule has 1 radical (unpaired) electrons. The normalized spacial score (nSPS) is 12.1. The van der Waals surface area contributed by atoms with Crippen molar-refractivity contribution in [1.82, 2.24) is 10.3 Å². The van der Waals surface area contributed by atoms with Crippen molar-refractivity contribution in [3.63, 3.8) is 0 Å². The van der Waals surface area contributed by atoms with Gasteiger partial charge in [0.05, 0.1) is 6.04 Å². The topological polar surface area (TPSA) is 134 Å². The van der Waals surface area contributed by atoms with Crippen molar-refractivity contribution in [2.45, 2.75) is 58.3 Å². The number of hydrogen-bond donors (Lipinski definition) is 2. The van der Waals surface area contributed by atoms with Gasteiger partial charge in [0.1, 0.15) is 12.2 Å². The highest BCUT2D eigenvalue weighted by Crippen LogP contribution is 2.16. The molecule has 1 aromatic heterocycles. The minimum absolute atomic E-state index is 0.0102. The Bertz CT molecular complexity index is 873. The Balaban J connectivity index is 2.11. The molecule has 0 saturated heterocycles. The highest BCUT2D eigenvalue weighted by molar-refractivity contribution is 6.06. The number of oxazole rings is 1. The predicted molar refractivity (Wildman–Crippen MR) is 111 cm³/mol. The van der Waals surface area contributed by atoms with E-state index in [9.17, 15) is 14.4 Å². The summed E-state index contributed by atoms with van der Waals surface area (Å²) in [6.45, 7) is 5.59. The van der Waals surface area contributed by atoms with Crippen LogP contribution in [-0.2, 0) is 16.1 Å². The van der Waals surface area contributed by atoms with Crippen molar-refractivity contribution in [3.05, 3.63) is 53.7 Å². The molecule has 0 aliphatic rings. The van der Waals surface area contributed by atoms with E-state index < -0.39 is 29.5 Å². The summed E-state index contributed by atoms with van der Waals surface area (Å²) in [6.07, 6.45) is 2.93. The van der Waals surface area contributed by atoms with Gasteiger partial charge in [0.25, 0.3) is 6.39 Å². The maximum Gasteiger partial charge on any atom is 0.408 e. The van der Waals surface area contributed by atoms with E-state index in [1.807, 2.05) is 18.2 Å². The molecule has 9 heteroatoms. The summed E-state index contributed by atoms with van der Waals surface area (Å²) >= 11 is 0. The average Bonchev–Trinajstić information content (AvgIpc) is 3.20. The third-order valence-electron chi connectivity index (χ3n) is 4.10. The number of carbonyl (C=O) groups is 3. The average molecular weight is 430 g/mol. The molecule has 1 atom stereocenters. The zero-order chi connectivity index (χ0) is 22.9. The molecule has 1 aromatic carbocycles. The van der Waals surface area contributed by atoms with Crippen LogP contribution in [0.3, 0.4) is 0 Å². The molecule has 1 heterocycles. The van der Waals surface area contributed by atoms with Crippen LogP contribution >= 0.6 is 0 Å². The van der Waals surface area contributed by atoms with Gasteiger partial charge < -0.3 is 24.9 Å². The van der Waals surface area contributed by atoms with Crippen LogP contribution in [0, 0.1) is 6.39 Å². The lowest BCUT2D eigenvalue weighted by atomic mass is 10.0. The van der Waals surface area contributed by atoms with Gasteiger partial charge in [-0.15, -0.1) is 0 Å². The number of esters is 1. The van der Waals surface area contributed by atoms with Crippen molar-refractivity contribution in [2.75, 3.05) is 6.54 Å². The van der Waals surface area contributed by atoms with E-state index in [-0.39, 0.29) is 24.5 Å². The van der Waals surface area contributed by atoms with Crippen LogP contribution in [0.1, 0.15) is 66.6 Å². The van der Waals surface area contributed by atoms with Gasteiger partial charge in [-0.25, -0.2) is 9.59 Å². The number of rotatable bonds is 10. The summed E-state index contributed by atoms with van der Waals surface area (Å²) in [4.78, 5) is 41.4. The Morgan fingerprint density at radius 3 is 2.55 bits per heavy atom. The first-order valence-electron chi connectivity index (χ1n) is 10.0. The van der Waals surface area contributed by atoms with Crippen molar-refractivity contribution in [3.8, 4) is 0 Å². The number of nitrogens with one attached hydrogen (secondary N) is 1. The van der Waals surface area contributed by atoms with Crippen LogP contribution in [-0.4, -0.2) is 41.0 Å². The van der Waals surface area contributed by atoms with Gasteiger partial charge >= 0.3 is 12.1 Å². The molecular formula is C22H28N3O6. The Labute approximate surface area is 181 Å². The number of ether oxygens (including phenoxy) is 2. The van der Waals surface area contributed by atoms with Crippen LogP contribution in [0.4, 0.5) is 4.79 Å². The van der Waals surface area contributed by atoms with E-state index in [4.69, 9.17) is 19.6 Å². The summed E-state index contributed by atoms with van der Waals surface area (Å²) < 4.78 is 15.5. The fourth-order valence-corrected chi connectivity index (χ4v) is 2.68. The molecule has 2 rings (SSSR count). The third kappa shape index (κ3) is 7.86. The number of nitrogens with zero attached hydrogens (tertiary/aromatic N) is 1. The first-order chi connectivity index (χ1) is 14.7. The summed E-state index contributed by atoms with van der Waals surface area (Å²) in [7, 11) is 0. The second-order valence-electron chi connectivity index (χ2n) is 7.89. The fraction of sp³-hybridized carbons (Fsp3) is 0.455. The first kappa shape index (κ1) is 24.1. The molecule has 3 N–H and O–H groups in total. The lowest BCUT2D eigenvalue weighted by Crippen LogP contribution is -2.43. The number of unbranched alkanes of at least 4 members (excludes halogenated alkanes) is 1. The van der Waals surface area contributed by atoms with E-state index in [0.717, 1.165) is 5.56 Å². The smallest absolute Gasteiger partial charge is 0.408 e. The highest BCUT2D eigenvalue weighted by atomic mass is 16.6. The van der Waals surface area contributed by atoms with Gasteiger partial charge in [-0.05, 0) is 52.1 Å². The van der Waals surface area contributed by atoms with Crippen LogP contribution < -0.4 is 11.1 Å². The maximum absolute atomic E-state index is 13.0. The molecule has 2 aromatic rings. The van der Waals surface area contributed by atoms with E-state index in [1.54, 1.807) is 32.9 Å². The molecule has 1 amide bonds. The van der Waals surface area contributed by atoms with Crippen LogP contribution in [0.2, 0.25) is 0 Å². The molecule has 0 bridgehead atoms. The number of hydrogen-bond acceptors (Lipinski definition) is 8. The maximum atomic E-state index is 13.0. The molecule has 31 heavy (non-hydrogen) atoms. The predicted octanol–water partition coefficient (Wildman–Crippen LogP) is 3.04. The van der Waals surface area contributed by atoms with Gasteiger partial charge in [-0.3, -0.25) is 4.79 Å². The van der Waals surface area contributed by atoms with E-state index in [0.29, 0.717) is 19.4 Å². The largest absolute Gasteiger partial charge is 0.456 e. The molecule has 0 aliphatic heterocycles. The molecule has 0 aliphatic carbocycles. The Hall–Kier alpha value is -3.20. The zero-order valence-corrected chi connectivity index (χ0v) is 18.0. The van der Waals surface area contributed by atoms with Gasteiger partial charge in [0.2, 0.25) is 11.5 Å². The van der Waals surface area contributed by atoms with E-state index >= 15 is 0 Å². The lowest BCUT2D eigenvalue weighted by molar-refractivity contribution is 0.0461. The molecule has 0 unspecified atom stereocenters. The number of ketones is 1. The standard InChI is InChI=1S/C22H28N3O6/c1-22(2,3)31-21(28)25-16(11-7-8-12-23)18(26)19-17(24-14-30-19)20(27)29-13-15-9-5-4-6-10-15/h4-6,9-10,16H,7-8,11-13,23H2,1-3H3,(H,25,28)/t16-/m0/s1. The first-order valence-corrected chi connectivity index (χ1v) is 10.0. The number of aromatic nitrogens is 1. The van der Waals surface area contributed by atoms with Crippen LogP contribution in [0.15, 0.2) is 34.7 Å². The van der Waals surface area contributed by atoms with E-state index in [2.05, 4.69) is 16.7 Å². The van der Waals surface area contributed by atoms with Gasteiger partial charge in [0, 0.05) is 0 Å². The molecule has 0 spiro atoms. The number of amides is 1.